The summed E-state index contributed by atoms with van der Waals surface area (Å²) in [6.07, 6.45) is 1.97. The maximum Gasteiger partial charge on any atom is 0.118 e. The highest BCUT2D eigenvalue weighted by molar-refractivity contribution is 6.06. The van der Waals surface area contributed by atoms with Gasteiger partial charge in [-0.3, -0.25) is 0 Å². The van der Waals surface area contributed by atoms with Crippen molar-refractivity contribution in [2.75, 3.05) is 7.11 Å². The van der Waals surface area contributed by atoms with Gasteiger partial charge < -0.3 is 9.94 Å². The van der Waals surface area contributed by atoms with Crippen molar-refractivity contribution in [3.8, 4) is 5.75 Å². The van der Waals surface area contributed by atoms with Gasteiger partial charge in [-0.15, -0.1) is 0 Å². The van der Waals surface area contributed by atoms with Gasteiger partial charge in [0, 0.05) is 11.5 Å². The van der Waals surface area contributed by atoms with Gasteiger partial charge in [0.15, 0.2) is 0 Å². The number of hydrogen-bond acceptors (Lipinski definition) is 3. The highest BCUT2D eigenvalue weighted by Crippen LogP contribution is 2.33. The second-order valence-corrected chi connectivity index (χ2v) is 5.01. The van der Waals surface area contributed by atoms with E-state index in [1.807, 2.05) is 42.5 Å². The first-order chi connectivity index (χ1) is 9.83. The molecule has 1 N–H and O–H groups in total. The molecule has 1 atom stereocenters. The molecule has 1 aliphatic carbocycles. The van der Waals surface area contributed by atoms with Gasteiger partial charge in [-0.05, 0) is 36.1 Å². The maximum atomic E-state index is 9.43. The van der Waals surface area contributed by atoms with Crippen molar-refractivity contribution in [2.45, 2.75) is 18.8 Å². The number of rotatable bonds is 2. The summed E-state index contributed by atoms with van der Waals surface area (Å²) in [6, 6.07) is 16.1. The Morgan fingerprint density at radius 1 is 1.10 bits per heavy atom. The molecule has 0 fully saturated rings. The van der Waals surface area contributed by atoms with Crippen LogP contribution in [0.1, 0.15) is 29.0 Å². The van der Waals surface area contributed by atoms with Crippen LogP contribution in [0, 0.1) is 0 Å². The highest BCUT2D eigenvalue weighted by Gasteiger charge is 2.27. The van der Waals surface area contributed by atoms with Crippen LogP contribution in [0.2, 0.25) is 0 Å². The Hall–Kier alpha value is -2.29. The number of fused-ring (bicyclic) bond motifs is 1. The number of benzene rings is 2. The number of aryl methyl sites for hydroxylation is 1. The van der Waals surface area contributed by atoms with E-state index >= 15 is 0 Å². The Morgan fingerprint density at radius 2 is 1.85 bits per heavy atom. The van der Waals surface area contributed by atoms with Crippen LogP contribution in [0.4, 0.5) is 0 Å². The van der Waals surface area contributed by atoms with Gasteiger partial charge in [0.2, 0.25) is 0 Å². The molecule has 0 heterocycles. The quantitative estimate of drug-likeness (QED) is 0.667. The van der Waals surface area contributed by atoms with Gasteiger partial charge >= 0.3 is 0 Å². The fourth-order valence-electron chi connectivity index (χ4n) is 2.90. The molecule has 3 rings (SSSR count). The molecule has 0 saturated heterocycles. The summed E-state index contributed by atoms with van der Waals surface area (Å²) in [7, 11) is 1.66. The van der Waals surface area contributed by atoms with E-state index < -0.39 is 0 Å². The lowest BCUT2D eigenvalue weighted by atomic mass is 9.78. The first kappa shape index (κ1) is 12.7. The van der Waals surface area contributed by atoms with E-state index in [0.29, 0.717) is 0 Å². The third-order valence-corrected chi connectivity index (χ3v) is 3.95. The van der Waals surface area contributed by atoms with E-state index in [9.17, 15) is 5.21 Å². The molecule has 1 aliphatic rings. The smallest absolute Gasteiger partial charge is 0.118 e. The predicted octanol–water partition coefficient (Wildman–Crippen LogP) is 3.60. The molecule has 2 aromatic carbocycles. The largest absolute Gasteiger partial charge is 0.497 e. The normalized spacial score (nSPS) is 19.6. The van der Waals surface area contributed by atoms with E-state index in [4.69, 9.17) is 4.74 Å². The Kier molecular flexibility index (Phi) is 3.42. The summed E-state index contributed by atoms with van der Waals surface area (Å²) in [5.41, 5.74) is 4.23. The average Bonchev–Trinajstić information content (AvgIpc) is 2.54. The average molecular weight is 267 g/mol. The molecular weight excluding hydrogens is 250 g/mol. The van der Waals surface area contributed by atoms with Gasteiger partial charge in [-0.1, -0.05) is 41.6 Å². The number of methoxy groups -OCH3 is 1. The third kappa shape index (κ3) is 2.16. The molecular formula is C17H17NO2. The fourth-order valence-corrected chi connectivity index (χ4v) is 2.90. The van der Waals surface area contributed by atoms with Crippen LogP contribution in [0.15, 0.2) is 53.7 Å². The predicted molar refractivity (Wildman–Crippen MR) is 78.8 cm³/mol. The Balaban J connectivity index is 1.98. The molecule has 2 aromatic rings. The molecule has 0 aromatic heterocycles. The monoisotopic (exact) mass is 267 g/mol. The molecule has 20 heavy (non-hydrogen) atoms. The Labute approximate surface area is 118 Å². The van der Waals surface area contributed by atoms with E-state index in [0.717, 1.165) is 35.4 Å². The van der Waals surface area contributed by atoms with Crippen LogP contribution < -0.4 is 4.74 Å². The second-order valence-electron chi connectivity index (χ2n) is 5.01. The highest BCUT2D eigenvalue weighted by atomic mass is 16.5. The van der Waals surface area contributed by atoms with Crippen molar-refractivity contribution in [2.24, 2.45) is 5.16 Å². The third-order valence-electron chi connectivity index (χ3n) is 3.95. The molecule has 0 saturated carbocycles. The minimum absolute atomic E-state index is 0.140. The van der Waals surface area contributed by atoms with Crippen LogP contribution in [-0.2, 0) is 6.42 Å². The molecule has 0 spiro atoms. The summed E-state index contributed by atoms with van der Waals surface area (Å²) in [5, 5.41) is 13.0. The van der Waals surface area contributed by atoms with E-state index in [1.54, 1.807) is 7.11 Å². The lowest BCUT2D eigenvalue weighted by Crippen LogP contribution is -2.21. The van der Waals surface area contributed by atoms with E-state index in [1.165, 1.54) is 5.56 Å². The van der Waals surface area contributed by atoms with Crippen molar-refractivity contribution < 1.29 is 9.94 Å². The molecule has 0 bridgehead atoms. The van der Waals surface area contributed by atoms with Crippen molar-refractivity contribution in [1.82, 2.24) is 0 Å². The van der Waals surface area contributed by atoms with Crippen LogP contribution in [0.25, 0.3) is 0 Å². The van der Waals surface area contributed by atoms with Crippen LogP contribution in [0.3, 0.4) is 0 Å². The SMILES string of the molecule is COc1ccc([C@H]2CCc3ccccc3/C2=N/O)cc1. The molecule has 0 radical (unpaired) electrons. The first-order valence-corrected chi connectivity index (χ1v) is 6.77. The number of hydrogen-bond donors (Lipinski definition) is 1. The van der Waals surface area contributed by atoms with E-state index in [2.05, 4.69) is 11.2 Å². The molecule has 0 aliphatic heterocycles. The van der Waals surface area contributed by atoms with Crippen molar-refractivity contribution >= 4 is 5.71 Å². The minimum Gasteiger partial charge on any atom is -0.497 e. The lowest BCUT2D eigenvalue weighted by Gasteiger charge is -2.26. The summed E-state index contributed by atoms with van der Waals surface area (Å²) < 4.78 is 5.19. The van der Waals surface area contributed by atoms with Crippen LogP contribution in [0.5, 0.6) is 5.75 Å². The Morgan fingerprint density at radius 3 is 2.55 bits per heavy atom. The fraction of sp³-hybridized carbons (Fsp3) is 0.235. The molecule has 0 unspecified atom stereocenters. The van der Waals surface area contributed by atoms with Crippen LogP contribution >= 0.6 is 0 Å². The van der Waals surface area contributed by atoms with Gasteiger partial charge in [0.25, 0.3) is 0 Å². The number of oxime groups is 1. The van der Waals surface area contributed by atoms with Gasteiger partial charge in [0.1, 0.15) is 5.75 Å². The molecule has 3 heteroatoms. The minimum atomic E-state index is 0.140. The number of nitrogens with zero attached hydrogens (tertiary/aromatic N) is 1. The standard InChI is InChI=1S/C17H17NO2/c1-20-14-9-6-13(7-10-14)16-11-8-12-4-2-3-5-15(12)17(16)18-19/h2-7,9-10,16,19H,8,11H2,1H3/b18-17-/t16-/m1/s1. The molecule has 0 amide bonds. The topological polar surface area (TPSA) is 41.8 Å². The van der Waals surface area contributed by atoms with Crippen molar-refractivity contribution in [3.63, 3.8) is 0 Å². The molecule has 3 nitrogen and oxygen atoms in total. The Bertz CT molecular complexity index is 632. The molecule has 102 valence electrons. The van der Waals surface area contributed by atoms with Gasteiger partial charge in [-0.25, -0.2) is 0 Å². The van der Waals surface area contributed by atoms with E-state index in [-0.39, 0.29) is 5.92 Å². The van der Waals surface area contributed by atoms with Crippen molar-refractivity contribution in [1.29, 1.82) is 0 Å². The summed E-state index contributed by atoms with van der Waals surface area (Å²) >= 11 is 0. The summed E-state index contributed by atoms with van der Waals surface area (Å²) in [4.78, 5) is 0. The van der Waals surface area contributed by atoms with Crippen LogP contribution in [-0.4, -0.2) is 18.0 Å². The summed E-state index contributed by atoms with van der Waals surface area (Å²) in [6.45, 7) is 0. The van der Waals surface area contributed by atoms with Gasteiger partial charge in [0.05, 0.1) is 12.8 Å². The zero-order valence-electron chi connectivity index (χ0n) is 11.4. The lowest BCUT2D eigenvalue weighted by molar-refractivity contribution is 0.316. The summed E-state index contributed by atoms with van der Waals surface area (Å²) in [5.74, 6) is 0.980. The first-order valence-electron chi connectivity index (χ1n) is 6.77. The number of ether oxygens (including phenoxy) is 1. The van der Waals surface area contributed by atoms with Crippen molar-refractivity contribution in [3.05, 3.63) is 65.2 Å². The maximum absolute atomic E-state index is 9.43. The second kappa shape index (κ2) is 5.37. The zero-order valence-corrected chi connectivity index (χ0v) is 11.4. The van der Waals surface area contributed by atoms with Gasteiger partial charge in [-0.2, -0.15) is 0 Å². The zero-order chi connectivity index (χ0) is 13.9.